The second-order valence-corrected chi connectivity index (χ2v) is 6.89. The first kappa shape index (κ1) is 19.7. The Kier molecular flexibility index (Phi) is 6.53. The molecule has 3 rings (SSSR count). The van der Waals surface area contributed by atoms with E-state index in [9.17, 15) is 9.59 Å². The summed E-state index contributed by atoms with van der Waals surface area (Å²) in [6.07, 6.45) is 0.320. The van der Waals surface area contributed by atoms with Crippen LogP contribution >= 0.6 is 0 Å². The lowest BCUT2D eigenvalue weighted by molar-refractivity contribution is -0.131. The Labute approximate surface area is 166 Å². The first-order chi connectivity index (χ1) is 13.6. The average molecular weight is 381 g/mol. The fourth-order valence-corrected chi connectivity index (χ4v) is 3.37. The molecule has 6 nitrogen and oxygen atoms in total. The summed E-state index contributed by atoms with van der Waals surface area (Å²) in [6.45, 7) is 5.24. The largest absolute Gasteiger partial charge is 0.497 e. The SMILES string of the molecule is COc1ccc(N2CCN(C(=O)CCNC(=O)c3ccccc3C)CC2)cc1. The van der Waals surface area contributed by atoms with Gasteiger partial charge >= 0.3 is 0 Å². The molecule has 0 bridgehead atoms. The molecule has 0 unspecified atom stereocenters. The van der Waals surface area contributed by atoms with Crippen molar-refractivity contribution in [3.05, 3.63) is 59.7 Å². The Morgan fingerprint density at radius 2 is 1.68 bits per heavy atom. The molecule has 0 atom stereocenters. The lowest BCUT2D eigenvalue weighted by Gasteiger charge is -2.36. The van der Waals surface area contributed by atoms with E-state index < -0.39 is 0 Å². The van der Waals surface area contributed by atoms with Crippen LogP contribution in [-0.4, -0.2) is 56.5 Å². The van der Waals surface area contributed by atoms with E-state index in [1.165, 1.54) is 0 Å². The zero-order chi connectivity index (χ0) is 19.9. The highest BCUT2D eigenvalue weighted by atomic mass is 16.5. The fourth-order valence-electron chi connectivity index (χ4n) is 3.37. The number of methoxy groups -OCH3 is 1. The fraction of sp³-hybridized carbons (Fsp3) is 0.364. The number of anilines is 1. The number of rotatable bonds is 6. The van der Waals surface area contributed by atoms with E-state index in [0.29, 0.717) is 31.6 Å². The van der Waals surface area contributed by atoms with E-state index in [-0.39, 0.29) is 11.8 Å². The van der Waals surface area contributed by atoms with Crippen molar-refractivity contribution in [3.8, 4) is 5.75 Å². The van der Waals surface area contributed by atoms with Gasteiger partial charge < -0.3 is 19.9 Å². The molecule has 6 heteroatoms. The van der Waals surface area contributed by atoms with E-state index in [1.807, 2.05) is 54.3 Å². The van der Waals surface area contributed by atoms with Gasteiger partial charge in [0.25, 0.3) is 5.91 Å². The average Bonchev–Trinajstić information content (AvgIpc) is 2.74. The van der Waals surface area contributed by atoms with Gasteiger partial charge in [0, 0.05) is 50.4 Å². The lowest BCUT2D eigenvalue weighted by Crippen LogP contribution is -2.49. The van der Waals surface area contributed by atoms with Gasteiger partial charge in [0.1, 0.15) is 5.75 Å². The minimum atomic E-state index is -0.129. The number of nitrogens with zero attached hydrogens (tertiary/aromatic N) is 2. The van der Waals surface area contributed by atoms with Crippen molar-refractivity contribution in [3.63, 3.8) is 0 Å². The van der Waals surface area contributed by atoms with Gasteiger partial charge in [-0.25, -0.2) is 0 Å². The molecule has 0 aromatic heterocycles. The quantitative estimate of drug-likeness (QED) is 0.835. The molecule has 2 aromatic carbocycles. The standard InChI is InChI=1S/C22H27N3O3/c1-17-5-3-4-6-20(17)22(27)23-12-11-21(26)25-15-13-24(14-16-25)18-7-9-19(28-2)10-8-18/h3-10H,11-16H2,1-2H3,(H,23,27). The second kappa shape index (κ2) is 9.26. The van der Waals surface area contributed by atoms with Crippen LogP contribution in [0.25, 0.3) is 0 Å². The molecule has 148 valence electrons. The third kappa shape index (κ3) is 4.82. The monoisotopic (exact) mass is 381 g/mol. The van der Waals surface area contributed by atoms with Crippen LogP contribution in [0, 0.1) is 6.92 Å². The number of carbonyl (C=O) groups is 2. The van der Waals surface area contributed by atoms with Crippen LogP contribution < -0.4 is 15.0 Å². The lowest BCUT2D eigenvalue weighted by atomic mass is 10.1. The zero-order valence-electron chi connectivity index (χ0n) is 16.5. The molecule has 1 heterocycles. The van der Waals surface area contributed by atoms with Crippen molar-refractivity contribution < 1.29 is 14.3 Å². The molecule has 0 aliphatic carbocycles. The maximum absolute atomic E-state index is 12.4. The van der Waals surface area contributed by atoms with Crippen LogP contribution in [0.15, 0.2) is 48.5 Å². The van der Waals surface area contributed by atoms with Gasteiger partial charge in [-0.2, -0.15) is 0 Å². The number of benzene rings is 2. The first-order valence-corrected chi connectivity index (χ1v) is 9.59. The second-order valence-electron chi connectivity index (χ2n) is 6.89. The van der Waals surface area contributed by atoms with Gasteiger partial charge in [0.05, 0.1) is 7.11 Å². The number of ether oxygens (including phenoxy) is 1. The molecule has 2 amide bonds. The number of hydrogen-bond donors (Lipinski definition) is 1. The summed E-state index contributed by atoms with van der Waals surface area (Å²) in [7, 11) is 1.66. The van der Waals surface area contributed by atoms with Crippen molar-refractivity contribution >= 4 is 17.5 Å². The first-order valence-electron chi connectivity index (χ1n) is 9.59. The van der Waals surface area contributed by atoms with Crippen molar-refractivity contribution in [1.82, 2.24) is 10.2 Å². The van der Waals surface area contributed by atoms with Gasteiger partial charge in [-0.3, -0.25) is 9.59 Å². The number of aryl methyl sites for hydroxylation is 1. The molecule has 1 aliphatic rings. The molecule has 0 saturated carbocycles. The van der Waals surface area contributed by atoms with Crippen LogP contribution in [0.1, 0.15) is 22.3 Å². The topological polar surface area (TPSA) is 61.9 Å². The van der Waals surface area contributed by atoms with Gasteiger partial charge in [-0.15, -0.1) is 0 Å². The molecule has 28 heavy (non-hydrogen) atoms. The maximum Gasteiger partial charge on any atom is 0.251 e. The molecule has 0 radical (unpaired) electrons. The molecular weight excluding hydrogens is 354 g/mol. The van der Waals surface area contributed by atoms with Gasteiger partial charge in [-0.05, 0) is 42.8 Å². The summed E-state index contributed by atoms with van der Waals surface area (Å²) in [5.74, 6) is 0.792. The van der Waals surface area contributed by atoms with Gasteiger partial charge in [0.2, 0.25) is 5.91 Å². The molecule has 1 fully saturated rings. The summed E-state index contributed by atoms with van der Waals surface area (Å²) in [5.41, 5.74) is 2.72. The summed E-state index contributed by atoms with van der Waals surface area (Å²) in [4.78, 5) is 28.8. The normalized spacial score (nSPS) is 13.9. The molecule has 1 saturated heterocycles. The van der Waals surface area contributed by atoms with Crippen molar-refractivity contribution in [2.45, 2.75) is 13.3 Å². The molecule has 0 spiro atoms. The summed E-state index contributed by atoms with van der Waals surface area (Å²) in [6, 6.07) is 15.4. The number of amides is 2. The third-order valence-corrected chi connectivity index (χ3v) is 5.08. The number of carbonyl (C=O) groups excluding carboxylic acids is 2. The van der Waals surface area contributed by atoms with Crippen molar-refractivity contribution in [1.29, 1.82) is 0 Å². The molecule has 2 aromatic rings. The predicted octanol–water partition coefficient (Wildman–Crippen LogP) is 2.47. The van der Waals surface area contributed by atoms with Crippen LogP contribution in [-0.2, 0) is 4.79 Å². The highest BCUT2D eigenvalue weighted by Gasteiger charge is 2.21. The van der Waals surface area contributed by atoms with Crippen LogP contribution in [0.3, 0.4) is 0 Å². The zero-order valence-corrected chi connectivity index (χ0v) is 16.5. The molecule has 1 aliphatic heterocycles. The third-order valence-electron chi connectivity index (χ3n) is 5.08. The Morgan fingerprint density at radius 1 is 1.00 bits per heavy atom. The van der Waals surface area contributed by atoms with Crippen LogP contribution in [0.2, 0.25) is 0 Å². The van der Waals surface area contributed by atoms with Gasteiger partial charge in [-0.1, -0.05) is 18.2 Å². The summed E-state index contributed by atoms with van der Waals surface area (Å²) in [5, 5.41) is 2.85. The minimum absolute atomic E-state index is 0.0828. The van der Waals surface area contributed by atoms with E-state index in [1.54, 1.807) is 13.2 Å². The van der Waals surface area contributed by atoms with Crippen LogP contribution in [0.4, 0.5) is 5.69 Å². The Balaban J connectivity index is 1.42. The van der Waals surface area contributed by atoms with Crippen molar-refractivity contribution in [2.75, 3.05) is 44.7 Å². The minimum Gasteiger partial charge on any atom is -0.497 e. The number of nitrogens with one attached hydrogen (secondary N) is 1. The predicted molar refractivity (Wildman–Crippen MR) is 110 cm³/mol. The Morgan fingerprint density at radius 3 is 2.32 bits per heavy atom. The smallest absolute Gasteiger partial charge is 0.251 e. The molecule has 1 N–H and O–H groups in total. The maximum atomic E-state index is 12.4. The Hall–Kier alpha value is -3.02. The highest BCUT2D eigenvalue weighted by Crippen LogP contribution is 2.20. The van der Waals surface area contributed by atoms with Crippen molar-refractivity contribution in [2.24, 2.45) is 0 Å². The Bertz CT molecular complexity index is 812. The van der Waals surface area contributed by atoms with E-state index >= 15 is 0 Å². The van der Waals surface area contributed by atoms with Crippen LogP contribution in [0.5, 0.6) is 5.75 Å². The highest BCUT2D eigenvalue weighted by molar-refractivity contribution is 5.95. The summed E-state index contributed by atoms with van der Waals surface area (Å²) < 4.78 is 5.19. The van der Waals surface area contributed by atoms with Gasteiger partial charge in [0.15, 0.2) is 0 Å². The van der Waals surface area contributed by atoms with E-state index in [0.717, 1.165) is 30.1 Å². The van der Waals surface area contributed by atoms with E-state index in [2.05, 4.69) is 10.2 Å². The van der Waals surface area contributed by atoms with E-state index in [4.69, 9.17) is 4.74 Å². The summed E-state index contributed by atoms with van der Waals surface area (Å²) >= 11 is 0. The number of piperazine rings is 1. The number of hydrogen-bond acceptors (Lipinski definition) is 4. The molecular formula is C22H27N3O3.